The van der Waals surface area contributed by atoms with Gasteiger partial charge in [0.2, 0.25) is 0 Å². The van der Waals surface area contributed by atoms with Crippen molar-refractivity contribution in [2.45, 2.75) is 19.3 Å². The fourth-order valence-electron chi connectivity index (χ4n) is 1.55. The van der Waals surface area contributed by atoms with Gasteiger partial charge in [-0.1, -0.05) is 13.0 Å². The second-order valence-corrected chi connectivity index (χ2v) is 4.16. The number of rotatable bonds is 5. The van der Waals surface area contributed by atoms with E-state index in [1.165, 1.54) is 11.3 Å². The first-order valence-electron chi connectivity index (χ1n) is 4.57. The van der Waals surface area contributed by atoms with E-state index < -0.39 is 23.8 Å². The van der Waals surface area contributed by atoms with Crippen LogP contribution in [-0.2, 0) is 9.59 Å². The standard InChI is InChI=1S/C10H12O4S/c1-2-6(7-4-3-5-15-7)8(9(11)12)10(13)14/h3-6,8H,2H2,1H3,(H,11,12)(H,13,14). The van der Waals surface area contributed by atoms with Gasteiger partial charge >= 0.3 is 11.9 Å². The van der Waals surface area contributed by atoms with E-state index in [4.69, 9.17) is 10.2 Å². The van der Waals surface area contributed by atoms with Crippen LogP contribution in [0.1, 0.15) is 24.1 Å². The van der Waals surface area contributed by atoms with E-state index in [1.807, 2.05) is 5.38 Å². The second kappa shape index (κ2) is 4.93. The smallest absolute Gasteiger partial charge is 0.318 e. The van der Waals surface area contributed by atoms with Crippen molar-refractivity contribution in [3.8, 4) is 0 Å². The van der Waals surface area contributed by atoms with E-state index in [-0.39, 0.29) is 0 Å². The van der Waals surface area contributed by atoms with Crippen LogP contribution in [0.25, 0.3) is 0 Å². The van der Waals surface area contributed by atoms with Crippen LogP contribution in [0.2, 0.25) is 0 Å². The maximum absolute atomic E-state index is 10.9. The van der Waals surface area contributed by atoms with Crippen LogP contribution in [0.3, 0.4) is 0 Å². The number of thiophene rings is 1. The maximum atomic E-state index is 10.9. The monoisotopic (exact) mass is 228 g/mol. The lowest BCUT2D eigenvalue weighted by molar-refractivity contribution is -0.155. The van der Waals surface area contributed by atoms with Crippen molar-refractivity contribution in [2.75, 3.05) is 0 Å². The van der Waals surface area contributed by atoms with Crippen molar-refractivity contribution >= 4 is 23.3 Å². The van der Waals surface area contributed by atoms with Gasteiger partial charge in [-0.3, -0.25) is 9.59 Å². The molecular formula is C10H12O4S. The van der Waals surface area contributed by atoms with Crippen LogP contribution in [0.15, 0.2) is 17.5 Å². The van der Waals surface area contributed by atoms with Crippen molar-refractivity contribution in [3.63, 3.8) is 0 Å². The molecule has 0 saturated heterocycles. The highest BCUT2D eigenvalue weighted by molar-refractivity contribution is 7.10. The Kier molecular flexibility index (Phi) is 3.85. The van der Waals surface area contributed by atoms with Gasteiger partial charge in [0, 0.05) is 10.8 Å². The largest absolute Gasteiger partial charge is 0.481 e. The SMILES string of the molecule is CCC(c1cccs1)C(C(=O)O)C(=O)O. The van der Waals surface area contributed by atoms with E-state index in [9.17, 15) is 9.59 Å². The van der Waals surface area contributed by atoms with Gasteiger partial charge in [0.25, 0.3) is 0 Å². The minimum atomic E-state index is -1.35. The molecule has 0 spiro atoms. The molecule has 5 heteroatoms. The molecular weight excluding hydrogens is 216 g/mol. The fourth-order valence-corrected chi connectivity index (χ4v) is 2.50. The summed E-state index contributed by atoms with van der Waals surface area (Å²) in [6.45, 7) is 1.79. The summed E-state index contributed by atoms with van der Waals surface area (Å²) in [6, 6.07) is 3.57. The van der Waals surface area contributed by atoms with Gasteiger partial charge in [0.15, 0.2) is 5.92 Å². The third-order valence-corrected chi connectivity index (χ3v) is 3.29. The summed E-state index contributed by atoms with van der Waals surface area (Å²) < 4.78 is 0. The second-order valence-electron chi connectivity index (χ2n) is 3.18. The van der Waals surface area contributed by atoms with Crippen molar-refractivity contribution in [1.82, 2.24) is 0 Å². The Morgan fingerprint density at radius 2 is 2.00 bits per heavy atom. The quantitative estimate of drug-likeness (QED) is 0.756. The molecule has 82 valence electrons. The van der Waals surface area contributed by atoms with Crippen molar-refractivity contribution in [3.05, 3.63) is 22.4 Å². The number of aliphatic carboxylic acids is 2. The Hall–Kier alpha value is -1.36. The van der Waals surface area contributed by atoms with Crippen LogP contribution in [0, 0.1) is 5.92 Å². The molecule has 4 nitrogen and oxygen atoms in total. The molecule has 0 aliphatic carbocycles. The lowest BCUT2D eigenvalue weighted by Gasteiger charge is -2.17. The zero-order chi connectivity index (χ0) is 11.4. The summed E-state index contributed by atoms with van der Waals surface area (Å²) >= 11 is 1.39. The molecule has 1 atom stereocenters. The summed E-state index contributed by atoms with van der Waals surface area (Å²) in [6.07, 6.45) is 0.504. The third-order valence-electron chi connectivity index (χ3n) is 2.28. The van der Waals surface area contributed by atoms with E-state index >= 15 is 0 Å². The molecule has 0 saturated carbocycles. The number of hydrogen-bond acceptors (Lipinski definition) is 3. The van der Waals surface area contributed by atoms with Gasteiger partial charge in [-0.05, 0) is 17.9 Å². The van der Waals surface area contributed by atoms with Crippen LogP contribution >= 0.6 is 11.3 Å². The first-order valence-corrected chi connectivity index (χ1v) is 5.44. The zero-order valence-corrected chi connectivity index (χ0v) is 9.03. The van der Waals surface area contributed by atoms with E-state index in [1.54, 1.807) is 19.1 Å². The van der Waals surface area contributed by atoms with Crippen LogP contribution in [-0.4, -0.2) is 22.2 Å². The van der Waals surface area contributed by atoms with Gasteiger partial charge in [0.1, 0.15) is 0 Å². The zero-order valence-electron chi connectivity index (χ0n) is 8.21. The minimum Gasteiger partial charge on any atom is -0.481 e. The van der Waals surface area contributed by atoms with E-state index in [0.717, 1.165) is 4.88 Å². The molecule has 0 fully saturated rings. The predicted molar refractivity (Wildman–Crippen MR) is 56.1 cm³/mol. The van der Waals surface area contributed by atoms with Gasteiger partial charge < -0.3 is 10.2 Å². The molecule has 0 radical (unpaired) electrons. The van der Waals surface area contributed by atoms with Crippen LogP contribution in [0.4, 0.5) is 0 Å². The topological polar surface area (TPSA) is 74.6 Å². The lowest BCUT2D eigenvalue weighted by Crippen LogP contribution is -2.29. The van der Waals surface area contributed by atoms with Gasteiger partial charge in [0.05, 0.1) is 0 Å². The van der Waals surface area contributed by atoms with Gasteiger partial charge in [-0.25, -0.2) is 0 Å². The summed E-state index contributed by atoms with van der Waals surface area (Å²) in [4.78, 5) is 22.5. The molecule has 1 aromatic heterocycles. The van der Waals surface area contributed by atoms with Crippen LogP contribution < -0.4 is 0 Å². The third kappa shape index (κ3) is 2.56. The molecule has 1 heterocycles. The highest BCUT2D eigenvalue weighted by atomic mass is 32.1. The van der Waals surface area contributed by atoms with Crippen LogP contribution in [0.5, 0.6) is 0 Å². The molecule has 0 bridgehead atoms. The first-order chi connectivity index (χ1) is 7.07. The summed E-state index contributed by atoms with van der Waals surface area (Å²) in [5, 5.41) is 19.6. The molecule has 0 aliphatic rings. The Morgan fingerprint density at radius 1 is 1.40 bits per heavy atom. The number of carbonyl (C=O) groups is 2. The summed E-state index contributed by atoms with van der Waals surface area (Å²) in [5.74, 6) is -4.35. The van der Waals surface area contributed by atoms with E-state index in [0.29, 0.717) is 6.42 Å². The molecule has 15 heavy (non-hydrogen) atoms. The Labute approximate surface area is 91.2 Å². The number of carboxylic acid groups (broad SMARTS) is 2. The Balaban J connectivity index is 2.99. The number of carboxylic acids is 2. The normalized spacial score (nSPS) is 12.7. The Morgan fingerprint density at radius 3 is 2.33 bits per heavy atom. The summed E-state index contributed by atoms with van der Waals surface area (Å²) in [5.41, 5.74) is 0. The molecule has 1 aromatic rings. The predicted octanol–water partition coefficient (Wildman–Crippen LogP) is 2.03. The molecule has 0 aliphatic heterocycles. The van der Waals surface area contributed by atoms with Crippen molar-refractivity contribution in [1.29, 1.82) is 0 Å². The molecule has 1 unspecified atom stereocenters. The first kappa shape index (κ1) is 11.7. The summed E-state index contributed by atoms with van der Waals surface area (Å²) in [7, 11) is 0. The van der Waals surface area contributed by atoms with Gasteiger partial charge in [-0.15, -0.1) is 11.3 Å². The Bertz CT molecular complexity index is 330. The maximum Gasteiger partial charge on any atom is 0.318 e. The average molecular weight is 228 g/mol. The minimum absolute atomic E-state index is 0.444. The fraction of sp³-hybridized carbons (Fsp3) is 0.400. The van der Waals surface area contributed by atoms with Crippen molar-refractivity contribution in [2.24, 2.45) is 5.92 Å². The highest BCUT2D eigenvalue weighted by Crippen LogP contribution is 2.31. The molecule has 2 N–H and O–H groups in total. The average Bonchev–Trinajstić information content (AvgIpc) is 2.64. The van der Waals surface area contributed by atoms with E-state index in [2.05, 4.69) is 0 Å². The highest BCUT2D eigenvalue weighted by Gasteiger charge is 2.35. The van der Waals surface area contributed by atoms with Gasteiger partial charge in [-0.2, -0.15) is 0 Å². The molecule has 0 amide bonds. The lowest BCUT2D eigenvalue weighted by atomic mass is 9.89. The molecule has 0 aromatic carbocycles. The van der Waals surface area contributed by atoms with Crippen molar-refractivity contribution < 1.29 is 19.8 Å². The molecule has 1 rings (SSSR count). The number of hydrogen-bond donors (Lipinski definition) is 2.